The first-order chi connectivity index (χ1) is 26.1. The van der Waals surface area contributed by atoms with Gasteiger partial charge in [0.05, 0.1) is 41.7 Å². The van der Waals surface area contributed by atoms with Gasteiger partial charge >= 0.3 is 0 Å². The highest BCUT2D eigenvalue weighted by Crippen LogP contribution is 2.52. The number of amides is 4. The lowest BCUT2D eigenvalue weighted by molar-refractivity contribution is -0.124. The van der Waals surface area contributed by atoms with Crippen molar-refractivity contribution in [3.63, 3.8) is 0 Å². The summed E-state index contributed by atoms with van der Waals surface area (Å²) in [6.07, 6.45) is 9.63. The summed E-state index contributed by atoms with van der Waals surface area (Å²) in [4.78, 5) is 57.5. The molecule has 0 radical (unpaired) electrons. The van der Waals surface area contributed by atoms with Gasteiger partial charge in [0, 0.05) is 0 Å². The van der Waals surface area contributed by atoms with Gasteiger partial charge in [0.15, 0.2) is 6.29 Å². The molecule has 2 aliphatic carbocycles. The fourth-order valence-corrected chi connectivity index (χ4v) is 9.31. The lowest BCUT2D eigenvalue weighted by atomic mass is 9.88. The van der Waals surface area contributed by atoms with Gasteiger partial charge in [-0.15, -0.1) is 0 Å². The van der Waals surface area contributed by atoms with E-state index in [-0.39, 0.29) is 84.2 Å². The maximum absolute atomic E-state index is 13.7. The summed E-state index contributed by atoms with van der Waals surface area (Å²) in [6.45, 7) is 18.6. The molecule has 55 heavy (non-hydrogen) atoms. The summed E-state index contributed by atoms with van der Waals surface area (Å²) < 4.78 is 17.7. The van der Waals surface area contributed by atoms with Crippen LogP contribution in [0, 0.1) is 47.3 Å². The van der Waals surface area contributed by atoms with E-state index in [1.54, 1.807) is 55.5 Å². The number of hydrogen-bond acceptors (Lipinski definition) is 7. The van der Waals surface area contributed by atoms with Gasteiger partial charge < -0.3 is 14.2 Å². The number of nitrogens with zero attached hydrogens (tertiary/aromatic N) is 2. The van der Waals surface area contributed by atoms with Gasteiger partial charge in [-0.3, -0.25) is 29.0 Å². The van der Waals surface area contributed by atoms with Gasteiger partial charge in [-0.1, -0.05) is 46.6 Å². The van der Waals surface area contributed by atoms with Crippen molar-refractivity contribution < 1.29 is 33.4 Å². The average molecular weight is 749 g/mol. The molecule has 292 valence electrons. The molecule has 2 aromatic rings. The lowest BCUT2D eigenvalue weighted by Crippen LogP contribution is -2.33. The Hall–Kier alpha value is -4.76. The van der Waals surface area contributed by atoms with E-state index in [1.807, 2.05) is 55.4 Å². The molecule has 2 saturated carbocycles. The summed E-state index contributed by atoms with van der Waals surface area (Å²) in [5.74, 6) is -0.644. The third kappa shape index (κ3) is 8.42. The standard InChI is InChI=1S/C46H56N2O7/c1-26(2)20-31-24-32(21-27(3)4)40-39(31)43(49)47(44(40)50)35-10-14-37(15-11-35)54-19-18-53-30(9)55-38-16-12-36(13-17-38)48-45(51)41-33(22-28(5)6)25-34(23-29(7)8)42(41)46(48)52/h10-17,20-23,30-34,39-42H,18-19,24-25H2,1-9H3. The van der Waals surface area contributed by atoms with E-state index in [2.05, 4.69) is 24.3 Å². The summed E-state index contributed by atoms with van der Waals surface area (Å²) in [6, 6.07) is 14.0. The molecule has 0 aromatic heterocycles. The van der Waals surface area contributed by atoms with E-state index in [1.165, 1.54) is 9.80 Å². The molecule has 0 N–H and O–H groups in total. The monoisotopic (exact) mass is 748 g/mol. The van der Waals surface area contributed by atoms with Crippen molar-refractivity contribution in [3.05, 3.63) is 95.1 Å². The molecule has 6 rings (SSSR count). The molecular weight excluding hydrogens is 693 g/mol. The Bertz CT molecular complexity index is 1820. The molecule has 0 spiro atoms. The van der Waals surface area contributed by atoms with E-state index >= 15 is 0 Å². The van der Waals surface area contributed by atoms with Crippen molar-refractivity contribution >= 4 is 35.0 Å². The molecule has 2 aliphatic heterocycles. The molecule has 2 aromatic carbocycles. The van der Waals surface area contributed by atoms with Crippen LogP contribution in [0.4, 0.5) is 11.4 Å². The van der Waals surface area contributed by atoms with Crippen LogP contribution in [-0.4, -0.2) is 43.1 Å². The third-order valence-corrected chi connectivity index (χ3v) is 11.1. The fourth-order valence-electron chi connectivity index (χ4n) is 9.31. The van der Waals surface area contributed by atoms with E-state index in [0.717, 1.165) is 35.1 Å². The molecule has 9 unspecified atom stereocenters. The van der Waals surface area contributed by atoms with E-state index in [4.69, 9.17) is 14.2 Å². The quantitative estimate of drug-likeness (QED) is 0.0873. The zero-order valence-corrected chi connectivity index (χ0v) is 33.7. The second kappa shape index (κ2) is 16.5. The molecule has 2 saturated heterocycles. The molecule has 4 fully saturated rings. The predicted octanol–water partition coefficient (Wildman–Crippen LogP) is 8.86. The Balaban J connectivity index is 1.00. The van der Waals surface area contributed by atoms with Crippen LogP contribution in [0.15, 0.2) is 95.1 Å². The number of carbonyl (C=O) groups excluding carboxylic acids is 4. The van der Waals surface area contributed by atoms with Crippen LogP contribution in [0.2, 0.25) is 0 Å². The highest BCUT2D eigenvalue weighted by molar-refractivity contribution is 6.23. The topological polar surface area (TPSA) is 102 Å². The number of benzene rings is 2. The van der Waals surface area contributed by atoms with Crippen molar-refractivity contribution in [1.29, 1.82) is 0 Å². The Kier molecular flexibility index (Phi) is 12.0. The van der Waals surface area contributed by atoms with Gasteiger partial charge in [-0.2, -0.15) is 0 Å². The van der Waals surface area contributed by atoms with Crippen LogP contribution in [0.1, 0.15) is 75.2 Å². The number of fused-ring (bicyclic) bond motifs is 2. The maximum Gasteiger partial charge on any atom is 0.238 e. The number of hydrogen-bond donors (Lipinski definition) is 0. The molecule has 9 heteroatoms. The number of ether oxygens (including phenoxy) is 3. The SMILES string of the molecule is CC(C)=CC1CC(C=C(C)C)C2C(=O)N(c3ccc(OCCOC(C)Oc4ccc(N5C(=O)C6C(C=C(C)C)CC(C=C(C)C)C6C5=O)cc4)cc3)C(=O)C12. The number of carbonyl (C=O) groups is 4. The first-order valence-corrected chi connectivity index (χ1v) is 19.6. The summed E-state index contributed by atoms with van der Waals surface area (Å²) in [7, 11) is 0. The number of anilines is 2. The zero-order chi connectivity index (χ0) is 39.7. The second-order valence-electron chi connectivity index (χ2n) is 16.6. The number of rotatable bonds is 13. The molecule has 4 amide bonds. The highest BCUT2D eigenvalue weighted by Gasteiger charge is 2.59. The summed E-state index contributed by atoms with van der Waals surface area (Å²) >= 11 is 0. The van der Waals surface area contributed by atoms with Crippen LogP contribution in [0.25, 0.3) is 0 Å². The third-order valence-electron chi connectivity index (χ3n) is 11.1. The normalized spacial score (nSPS) is 27.4. The van der Waals surface area contributed by atoms with E-state index in [9.17, 15) is 19.2 Å². The number of allylic oxidation sites excluding steroid dienone is 8. The van der Waals surface area contributed by atoms with Crippen molar-refractivity contribution in [2.75, 3.05) is 23.0 Å². The minimum Gasteiger partial charge on any atom is -0.491 e. The minimum absolute atomic E-state index is 0.0363. The molecule has 2 heterocycles. The van der Waals surface area contributed by atoms with Crippen LogP contribution < -0.4 is 19.3 Å². The Labute approximate surface area is 326 Å². The van der Waals surface area contributed by atoms with Crippen molar-refractivity contribution in [2.24, 2.45) is 47.3 Å². The highest BCUT2D eigenvalue weighted by atomic mass is 16.7. The van der Waals surface area contributed by atoms with Gasteiger partial charge in [-0.25, -0.2) is 0 Å². The van der Waals surface area contributed by atoms with Gasteiger partial charge in [0.2, 0.25) is 23.6 Å². The maximum atomic E-state index is 13.7. The van der Waals surface area contributed by atoms with Crippen LogP contribution in [-0.2, 0) is 23.9 Å². The minimum atomic E-state index is -0.585. The smallest absolute Gasteiger partial charge is 0.238 e. The predicted molar refractivity (Wildman–Crippen MR) is 214 cm³/mol. The number of imide groups is 2. The molecule has 9 atom stereocenters. The van der Waals surface area contributed by atoms with Gasteiger partial charge in [0.25, 0.3) is 0 Å². The molecule has 0 bridgehead atoms. The van der Waals surface area contributed by atoms with Crippen molar-refractivity contribution in [3.8, 4) is 11.5 Å². The van der Waals surface area contributed by atoms with Crippen LogP contribution in [0.3, 0.4) is 0 Å². The van der Waals surface area contributed by atoms with E-state index in [0.29, 0.717) is 22.9 Å². The zero-order valence-electron chi connectivity index (χ0n) is 33.7. The molecule has 9 nitrogen and oxygen atoms in total. The molecular formula is C46H56N2O7. The van der Waals surface area contributed by atoms with Gasteiger partial charge in [-0.05, 0) is 147 Å². The Morgan fingerprint density at radius 2 is 0.873 bits per heavy atom. The van der Waals surface area contributed by atoms with Crippen molar-refractivity contribution in [1.82, 2.24) is 0 Å². The first-order valence-electron chi connectivity index (χ1n) is 19.6. The Morgan fingerprint density at radius 3 is 1.20 bits per heavy atom. The lowest BCUT2D eigenvalue weighted by Gasteiger charge is -2.20. The van der Waals surface area contributed by atoms with E-state index < -0.39 is 6.29 Å². The molecule has 4 aliphatic rings. The van der Waals surface area contributed by atoms with Gasteiger partial charge in [0.1, 0.15) is 18.1 Å². The van der Waals surface area contributed by atoms with Crippen LogP contribution >= 0.6 is 0 Å². The average Bonchev–Trinajstić information content (AvgIpc) is 3.79. The largest absolute Gasteiger partial charge is 0.491 e. The summed E-state index contributed by atoms with van der Waals surface area (Å²) in [5, 5.41) is 0. The summed E-state index contributed by atoms with van der Waals surface area (Å²) in [5.41, 5.74) is 5.70. The van der Waals surface area contributed by atoms with Crippen LogP contribution in [0.5, 0.6) is 11.5 Å². The second-order valence-corrected chi connectivity index (χ2v) is 16.6. The Morgan fingerprint density at radius 1 is 0.545 bits per heavy atom. The first kappa shape index (κ1) is 39.9. The van der Waals surface area contributed by atoms with Crippen molar-refractivity contribution in [2.45, 2.75) is 81.4 Å². The fraction of sp³-hybridized carbons (Fsp3) is 0.478.